The lowest BCUT2D eigenvalue weighted by Crippen LogP contribution is -2.37. The van der Waals surface area contributed by atoms with Crippen molar-refractivity contribution >= 4 is 53.2 Å². The van der Waals surface area contributed by atoms with E-state index in [9.17, 15) is 47.9 Å². The van der Waals surface area contributed by atoms with E-state index in [-0.39, 0.29) is 11.0 Å². The van der Waals surface area contributed by atoms with Gasteiger partial charge < -0.3 is 29.5 Å². The largest absolute Gasteiger partial charge is 0.347 e. The maximum atomic E-state index is 11.8. The Balaban J connectivity index is 0.000000211. The van der Waals surface area contributed by atoms with E-state index >= 15 is 0 Å². The van der Waals surface area contributed by atoms with E-state index in [2.05, 4.69) is 25.9 Å². The van der Waals surface area contributed by atoms with Gasteiger partial charge in [-0.1, -0.05) is 22.0 Å². The zero-order valence-electron chi connectivity index (χ0n) is 20.0. The van der Waals surface area contributed by atoms with Crippen LogP contribution in [0.3, 0.4) is 0 Å². The molecule has 4 aromatic rings. The highest BCUT2D eigenvalue weighted by Gasteiger charge is 2.29. The van der Waals surface area contributed by atoms with Crippen molar-refractivity contribution in [2.45, 2.75) is 32.3 Å². The summed E-state index contributed by atoms with van der Waals surface area (Å²) in [6.45, 7) is 4.21. The molecule has 2 aromatic carbocycles. The van der Waals surface area contributed by atoms with Gasteiger partial charge in [0, 0.05) is 4.47 Å². The number of nitrogens with one attached hydrogen (secondary N) is 2. The molecule has 0 fully saturated rings. The van der Waals surface area contributed by atoms with Crippen LogP contribution in [0.15, 0.2) is 60.0 Å². The number of aryl methyl sites for hydroxylation is 1. The zero-order valence-corrected chi connectivity index (χ0v) is 23.4. The number of nitrogens with zero attached hydrogens (tertiary/aromatic N) is 2. The van der Waals surface area contributed by atoms with Crippen LogP contribution in [0.4, 0.5) is 0 Å². The monoisotopic (exact) mass is 632 g/mol. The Morgan fingerprint density at radius 3 is 1.55 bits per heavy atom. The maximum Gasteiger partial charge on any atom is 0.347 e. The Kier molecular flexibility index (Phi) is 8.35. The molecule has 17 heteroatoms. The minimum absolute atomic E-state index is 0.253. The molecule has 0 saturated heterocycles. The van der Waals surface area contributed by atoms with Crippen LogP contribution in [0.5, 0.6) is 0 Å². The fourth-order valence-electron chi connectivity index (χ4n) is 3.61. The molecule has 0 aliphatic heterocycles. The van der Waals surface area contributed by atoms with Crippen molar-refractivity contribution in [1.82, 2.24) is 19.1 Å². The molecule has 0 spiro atoms. The van der Waals surface area contributed by atoms with E-state index in [1.54, 1.807) is 37.3 Å². The Labute approximate surface area is 221 Å². The van der Waals surface area contributed by atoms with E-state index in [1.807, 2.05) is 0 Å². The quantitative estimate of drug-likeness (QED) is 0.141. The van der Waals surface area contributed by atoms with Crippen LogP contribution in [0.2, 0.25) is 0 Å². The molecule has 0 radical (unpaired) electrons. The van der Waals surface area contributed by atoms with E-state index in [0.29, 0.717) is 15.5 Å². The van der Waals surface area contributed by atoms with Crippen molar-refractivity contribution in [2.75, 3.05) is 0 Å². The van der Waals surface area contributed by atoms with Gasteiger partial charge in [0.1, 0.15) is 11.6 Å². The summed E-state index contributed by atoms with van der Waals surface area (Å²) in [5.41, 5.74) is -1.72. The highest BCUT2D eigenvalue weighted by atomic mass is 79.9. The van der Waals surface area contributed by atoms with Crippen LogP contribution in [0, 0.1) is 6.92 Å². The molecule has 2 atom stereocenters. The number of fused-ring (bicyclic) bond motifs is 2. The van der Waals surface area contributed by atoms with Gasteiger partial charge in [-0.25, -0.2) is 0 Å². The first-order valence-corrected chi connectivity index (χ1v) is 14.9. The van der Waals surface area contributed by atoms with Crippen molar-refractivity contribution in [3.8, 4) is 0 Å². The van der Waals surface area contributed by atoms with Crippen LogP contribution in [0.25, 0.3) is 22.1 Å². The summed E-state index contributed by atoms with van der Waals surface area (Å²) in [5.74, 6) is -2.81. The van der Waals surface area contributed by atoms with Gasteiger partial charge in [0.25, 0.3) is 0 Å². The van der Waals surface area contributed by atoms with Gasteiger partial charge in [-0.05, 0) is 56.7 Å². The third-order valence-corrected chi connectivity index (χ3v) is 8.58. The average molecular weight is 633 g/mol. The number of rotatable bonds is 4. The number of aromatic nitrogens is 4. The van der Waals surface area contributed by atoms with Crippen LogP contribution in [0.1, 0.15) is 31.0 Å². The first-order valence-electron chi connectivity index (χ1n) is 10.7. The lowest BCUT2D eigenvalue weighted by Gasteiger charge is -2.18. The normalized spacial score (nSPS) is 13.7. The highest BCUT2D eigenvalue weighted by Crippen LogP contribution is 2.49. The summed E-state index contributed by atoms with van der Waals surface area (Å²) >= 11 is 3.21. The average Bonchev–Trinajstić information content (AvgIpc) is 2.79. The minimum Gasteiger partial charge on any atom is -0.323 e. The fraction of sp³-hybridized carbons (Fsp3) is 0.238. The molecule has 2 heterocycles. The number of hydrogen-bond donors (Lipinski definition) is 6. The van der Waals surface area contributed by atoms with Crippen molar-refractivity contribution in [1.29, 1.82) is 0 Å². The SMILES string of the molecule is CC(n1c(=O)c(=O)[nH]c2cc(Br)ccc21)P(=O)(O)O.Cc1ccc2c(c1)[nH]c(=O)c(=O)n2C(C)P(=O)(O)O. The van der Waals surface area contributed by atoms with E-state index in [0.717, 1.165) is 14.7 Å². The summed E-state index contributed by atoms with van der Waals surface area (Å²) in [7, 11) is -9.07. The first-order chi connectivity index (χ1) is 17.4. The van der Waals surface area contributed by atoms with Crippen molar-refractivity contribution in [3.63, 3.8) is 0 Å². The van der Waals surface area contributed by atoms with Crippen molar-refractivity contribution in [2.24, 2.45) is 0 Å². The number of H-pyrrole nitrogens is 2. The molecular weight excluding hydrogens is 610 g/mol. The molecule has 204 valence electrons. The minimum atomic E-state index is -4.54. The molecule has 2 aromatic heterocycles. The summed E-state index contributed by atoms with van der Waals surface area (Å²) in [5, 5.41) is 0. The van der Waals surface area contributed by atoms with Gasteiger partial charge in [0.15, 0.2) is 0 Å². The Bertz CT molecular complexity index is 1740. The van der Waals surface area contributed by atoms with Gasteiger partial charge >= 0.3 is 37.4 Å². The summed E-state index contributed by atoms with van der Waals surface area (Å²) < 4.78 is 25.0. The number of benzene rings is 2. The highest BCUT2D eigenvalue weighted by molar-refractivity contribution is 9.10. The predicted molar refractivity (Wildman–Crippen MR) is 144 cm³/mol. The third kappa shape index (κ3) is 6.05. The van der Waals surface area contributed by atoms with Crippen LogP contribution >= 0.6 is 31.1 Å². The van der Waals surface area contributed by atoms with Crippen molar-refractivity contribution < 1.29 is 28.7 Å². The Morgan fingerprint density at radius 2 is 1.13 bits per heavy atom. The molecule has 0 aliphatic carbocycles. The van der Waals surface area contributed by atoms with Gasteiger partial charge in [0.05, 0.1) is 22.1 Å². The molecule has 0 bridgehead atoms. The van der Waals surface area contributed by atoms with Gasteiger partial charge in [0.2, 0.25) is 0 Å². The molecular formula is C21H23BrN4O10P2. The smallest absolute Gasteiger partial charge is 0.323 e. The molecule has 6 N–H and O–H groups in total. The van der Waals surface area contributed by atoms with Gasteiger partial charge in [-0.3, -0.25) is 37.4 Å². The standard InChI is InChI=1S/C11H13N2O5P.C10H10BrN2O5P/c1-6-3-4-9-8(5-6)12-10(14)11(15)13(9)7(2)19(16,17)18;1-5(19(16,17)18)13-8-3-2-6(11)4-7(8)12-9(14)10(13)15/h3-5,7H,1-2H3,(H,12,14)(H2,16,17,18);2-5H,1H3,(H,12,14)(H2,16,17,18). The number of aromatic amines is 2. The molecule has 0 amide bonds. The van der Waals surface area contributed by atoms with Crippen LogP contribution in [-0.2, 0) is 9.13 Å². The first kappa shape index (κ1) is 29.7. The van der Waals surface area contributed by atoms with E-state index in [1.165, 1.54) is 19.9 Å². The second-order valence-electron chi connectivity index (χ2n) is 8.38. The number of halogens is 1. The summed E-state index contributed by atoms with van der Waals surface area (Å²) in [4.78, 5) is 88.3. The lowest BCUT2D eigenvalue weighted by atomic mass is 10.2. The topological polar surface area (TPSA) is 225 Å². The molecule has 4 rings (SSSR count). The van der Waals surface area contributed by atoms with Gasteiger partial charge in [-0.15, -0.1) is 0 Å². The Hall–Kier alpha value is -2.90. The van der Waals surface area contributed by atoms with E-state index < -0.39 is 49.0 Å². The molecule has 38 heavy (non-hydrogen) atoms. The van der Waals surface area contributed by atoms with Gasteiger partial charge in [-0.2, -0.15) is 0 Å². The number of hydrogen-bond acceptors (Lipinski definition) is 6. The zero-order chi connectivity index (χ0) is 28.7. The lowest BCUT2D eigenvalue weighted by molar-refractivity contribution is 0.344. The molecule has 2 unspecified atom stereocenters. The third-order valence-electron chi connectivity index (χ3n) is 5.67. The molecule has 0 aliphatic rings. The van der Waals surface area contributed by atoms with Crippen LogP contribution < -0.4 is 22.2 Å². The predicted octanol–water partition coefficient (Wildman–Crippen LogP) is 1.84. The second-order valence-corrected chi connectivity index (χ2v) is 13.1. The molecule has 14 nitrogen and oxygen atoms in total. The van der Waals surface area contributed by atoms with Crippen LogP contribution in [-0.4, -0.2) is 38.7 Å². The maximum absolute atomic E-state index is 11.8. The summed E-state index contributed by atoms with van der Waals surface area (Å²) in [6, 6.07) is 9.56. The second kappa shape index (κ2) is 10.7. The Morgan fingerprint density at radius 1 is 0.737 bits per heavy atom. The van der Waals surface area contributed by atoms with Crippen molar-refractivity contribution in [3.05, 3.63) is 87.8 Å². The summed E-state index contributed by atoms with van der Waals surface area (Å²) in [6.07, 6.45) is 0. The van der Waals surface area contributed by atoms with E-state index in [4.69, 9.17) is 0 Å². The molecule has 0 saturated carbocycles. The fourth-order valence-corrected chi connectivity index (χ4v) is 5.03.